The highest BCUT2D eigenvalue weighted by molar-refractivity contribution is 6.19. The van der Waals surface area contributed by atoms with Crippen LogP contribution >= 0.6 is 0 Å². The van der Waals surface area contributed by atoms with Crippen LogP contribution in [0.5, 0.6) is 0 Å². The number of hydrogen-bond acceptors (Lipinski definition) is 4. The summed E-state index contributed by atoms with van der Waals surface area (Å²) < 4.78 is 5.66. The van der Waals surface area contributed by atoms with E-state index in [1.165, 1.54) is 18.2 Å². The normalized spacial score (nSPS) is 11.3. The molecule has 4 aromatic rings. The van der Waals surface area contributed by atoms with Crippen molar-refractivity contribution in [3.63, 3.8) is 0 Å². The van der Waals surface area contributed by atoms with E-state index >= 15 is 0 Å². The summed E-state index contributed by atoms with van der Waals surface area (Å²) in [6.07, 6.45) is 0. The number of aromatic carboxylic acids is 2. The second kappa shape index (κ2) is 4.54. The van der Waals surface area contributed by atoms with E-state index in [2.05, 4.69) is 4.98 Å². The van der Waals surface area contributed by atoms with Crippen molar-refractivity contribution in [2.24, 2.45) is 0 Å². The minimum absolute atomic E-state index is 0.0443. The molecular weight excluding hydrogens is 298 g/mol. The number of rotatable bonds is 2. The third-order valence-corrected chi connectivity index (χ3v) is 3.77. The van der Waals surface area contributed by atoms with Gasteiger partial charge in [0, 0.05) is 10.8 Å². The van der Waals surface area contributed by atoms with Gasteiger partial charge in [-0.3, -0.25) is 0 Å². The number of carboxylic acid groups (broad SMARTS) is 2. The third kappa shape index (κ3) is 1.78. The Morgan fingerprint density at radius 2 is 1.61 bits per heavy atom. The Kier molecular flexibility index (Phi) is 2.62. The highest BCUT2D eigenvalue weighted by Crippen LogP contribution is 2.34. The van der Waals surface area contributed by atoms with Crippen LogP contribution in [0.4, 0.5) is 0 Å². The molecule has 0 atom stereocenters. The predicted octanol–water partition coefficient (Wildman–Crippen LogP) is 3.53. The molecule has 6 nitrogen and oxygen atoms in total. The molecule has 0 saturated heterocycles. The van der Waals surface area contributed by atoms with Gasteiger partial charge in [0.2, 0.25) is 0 Å². The molecule has 112 valence electrons. The lowest BCUT2D eigenvalue weighted by Gasteiger charge is -2.05. The first-order valence-corrected chi connectivity index (χ1v) is 6.78. The molecule has 0 bridgehead atoms. The molecular formula is C17H9NO5. The Bertz CT molecular complexity index is 1130. The molecule has 0 unspecified atom stereocenters. The fourth-order valence-corrected chi connectivity index (χ4v) is 2.80. The summed E-state index contributed by atoms with van der Waals surface area (Å²) in [5.41, 5.74) is 1.01. The first-order chi connectivity index (χ1) is 11.1. The minimum Gasteiger partial charge on any atom is -0.478 e. The summed E-state index contributed by atoms with van der Waals surface area (Å²) in [4.78, 5) is 27.6. The van der Waals surface area contributed by atoms with Crippen LogP contribution in [0.25, 0.3) is 33.0 Å². The molecule has 2 heterocycles. The molecule has 0 saturated carbocycles. The van der Waals surface area contributed by atoms with Gasteiger partial charge >= 0.3 is 11.9 Å². The second-order valence-electron chi connectivity index (χ2n) is 5.07. The maximum absolute atomic E-state index is 11.8. The van der Waals surface area contributed by atoms with Crippen LogP contribution < -0.4 is 0 Å². The zero-order chi connectivity index (χ0) is 16.1. The number of fused-ring (bicyclic) bond motifs is 4. The summed E-state index contributed by atoms with van der Waals surface area (Å²) in [5.74, 6) is -2.35. The fraction of sp³-hybridized carbons (Fsp3) is 0. The zero-order valence-corrected chi connectivity index (χ0v) is 11.6. The Morgan fingerprint density at radius 3 is 2.35 bits per heavy atom. The summed E-state index contributed by atoms with van der Waals surface area (Å²) in [5, 5.41) is 19.8. The highest BCUT2D eigenvalue weighted by atomic mass is 16.4. The van der Waals surface area contributed by atoms with Gasteiger partial charge in [-0.25, -0.2) is 14.6 Å². The van der Waals surface area contributed by atoms with E-state index in [0.29, 0.717) is 16.5 Å². The SMILES string of the molecule is O=C(O)c1cccc2c(C(=O)O)c3oc4ccccc4c3nc12. The summed E-state index contributed by atoms with van der Waals surface area (Å²) >= 11 is 0. The number of aromatic nitrogens is 1. The van der Waals surface area contributed by atoms with Crippen molar-refractivity contribution in [2.45, 2.75) is 0 Å². The molecule has 0 aliphatic rings. The maximum Gasteiger partial charge on any atom is 0.340 e. The van der Waals surface area contributed by atoms with E-state index in [9.17, 15) is 19.8 Å². The lowest BCUT2D eigenvalue weighted by molar-refractivity contribution is 0.0686. The van der Waals surface area contributed by atoms with Gasteiger partial charge < -0.3 is 14.6 Å². The number of hydrogen-bond donors (Lipinski definition) is 2. The standard InChI is InChI=1S/C17H9NO5/c19-16(20)10-6-3-5-9-12(17(21)22)15-14(18-13(9)10)8-4-1-2-7-11(8)23-15/h1-7H,(H,19,20)(H,21,22). The van der Waals surface area contributed by atoms with E-state index in [4.69, 9.17) is 4.42 Å². The molecule has 0 aliphatic heterocycles. The largest absolute Gasteiger partial charge is 0.478 e. The van der Waals surface area contributed by atoms with Gasteiger partial charge in [0.25, 0.3) is 0 Å². The van der Waals surface area contributed by atoms with E-state index in [1.807, 2.05) is 0 Å². The number of furan rings is 1. The lowest BCUT2D eigenvalue weighted by atomic mass is 10.0. The molecule has 0 amide bonds. The summed E-state index contributed by atoms with van der Waals surface area (Å²) in [6, 6.07) is 11.5. The highest BCUT2D eigenvalue weighted by Gasteiger charge is 2.23. The first kappa shape index (κ1) is 13.3. The van der Waals surface area contributed by atoms with Crippen molar-refractivity contribution in [1.82, 2.24) is 4.98 Å². The van der Waals surface area contributed by atoms with E-state index < -0.39 is 11.9 Å². The topological polar surface area (TPSA) is 101 Å². The molecule has 0 radical (unpaired) electrons. The molecule has 0 spiro atoms. The first-order valence-electron chi connectivity index (χ1n) is 6.78. The number of para-hydroxylation sites is 2. The van der Waals surface area contributed by atoms with Crippen molar-refractivity contribution in [1.29, 1.82) is 0 Å². The lowest BCUT2D eigenvalue weighted by Crippen LogP contribution is -2.04. The smallest absolute Gasteiger partial charge is 0.340 e. The van der Waals surface area contributed by atoms with Gasteiger partial charge in [-0.05, 0) is 18.2 Å². The summed E-state index contributed by atoms with van der Waals surface area (Å²) in [7, 11) is 0. The molecule has 0 aliphatic carbocycles. The average molecular weight is 307 g/mol. The van der Waals surface area contributed by atoms with Crippen molar-refractivity contribution in [2.75, 3.05) is 0 Å². The zero-order valence-electron chi connectivity index (χ0n) is 11.6. The van der Waals surface area contributed by atoms with E-state index in [-0.39, 0.29) is 27.6 Å². The van der Waals surface area contributed by atoms with Gasteiger partial charge in [-0.1, -0.05) is 24.3 Å². The van der Waals surface area contributed by atoms with Crippen LogP contribution in [-0.4, -0.2) is 27.1 Å². The maximum atomic E-state index is 11.8. The number of nitrogens with zero attached hydrogens (tertiary/aromatic N) is 1. The predicted molar refractivity (Wildman–Crippen MR) is 82.9 cm³/mol. The van der Waals surface area contributed by atoms with Crippen LogP contribution in [0, 0.1) is 0 Å². The second-order valence-corrected chi connectivity index (χ2v) is 5.07. The molecule has 4 rings (SSSR count). The monoisotopic (exact) mass is 307 g/mol. The molecule has 0 fully saturated rings. The quantitative estimate of drug-likeness (QED) is 0.587. The summed E-state index contributed by atoms with van der Waals surface area (Å²) in [6.45, 7) is 0. The van der Waals surface area contributed by atoms with E-state index in [0.717, 1.165) is 0 Å². The third-order valence-electron chi connectivity index (χ3n) is 3.77. The average Bonchev–Trinajstić information content (AvgIpc) is 2.89. The van der Waals surface area contributed by atoms with Crippen LogP contribution in [0.15, 0.2) is 46.9 Å². The van der Waals surface area contributed by atoms with Crippen LogP contribution in [-0.2, 0) is 0 Å². The molecule has 6 heteroatoms. The van der Waals surface area contributed by atoms with Crippen molar-refractivity contribution < 1.29 is 24.2 Å². The Hall–Kier alpha value is -3.41. The van der Waals surface area contributed by atoms with Gasteiger partial charge in [0.15, 0.2) is 5.58 Å². The van der Waals surface area contributed by atoms with Gasteiger partial charge in [0.05, 0.1) is 11.1 Å². The number of pyridine rings is 1. The number of carbonyl (C=O) groups is 2. The Morgan fingerprint density at radius 1 is 0.870 bits per heavy atom. The number of carboxylic acids is 2. The van der Waals surface area contributed by atoms with Crippen LogP contribution in [0.2, 0.25) is 0 Å². The minimum atomic E-state index is -1.19. The van der Waals surface area contributed by atoms with E-state index in [1.54, 1.807) is 24.3 Å². The molecule has 2 aromatic heterocycles. The van der Waals surface area contributed by atoms with Crippen LogP contribution in [0.3, 0.4) is 0 Å². The van der Waals surface area contributed by atoms with Crippen molar-refractivity contribution in [3.8, 4) is 0 Å². The van der Waals surface area contributed by atoms with Gasteiger partial charge in [-0.2, -0.15) is 0 Å². The molecule has 23 heavy (non-hydrogen) atoms. The fourth-order valence-electron chi connectivity index (χ4n) is 2.80. The Labute approximate surface area is 128 Å². The molecule has 2 aromatic carbocycles. The Balaban J connectivity index is 2.33. The van der Waals surface area contributed by atoms with Crippen molar-refractivity contribution in [3.05, 3.63) is 53.6 Å². The van der Waals surface area contributed by atoms with Gasteiger partial charge in [0.1, 0.15) is 16.7 Å². The van der Waals surface area contributed by atoms with Crippen molar-refractivity contribution >= 4 is 44.9 Å². The number of benzene rings is 2. The van der Waals surface area contributed by atoms with Crippen LogP contribution in [0.1, 0.15) is 20.7 Å². The van der Waals surface area contributed by atoms with Gasteiger partial charge in [-0.15, -0.1) is 0 Å². The molecule has 2 N–H and O–H groups in total.